The fourth-order valence-electron chi connectivity index (χ4n) is 1.90. The largest absolute Gasteiger partial charge is 0.339 e. The number of nitrogens with zero attached hydrogens (tertiary/aromatic N) is 2. The second-order valence-corrected chi connectivity index (χ2v) is 5.76. The van der Waals surface area contributed by atoms with Crippen LogP contribution in [-0.2, 0) is 4.79 Å². The standard InChI is InChI=1S/C13H25N3O/c1-5-6-15-7-9-16(10-8-15)12(17)11(14)13(2,3)4/h5,11H,1,6-10,14H2,2-4H3/t11-/m0/s1. The van der Waals surface area contributed by atoms with E-state index in [0.29, 0.717) is 0 Å². The van der Waals surface area contributed by atoms with Crippen LogP contribution in [0.5, 0.6) is 0 Å². The Morgan fingerprint density at radius 3 is 2.29 bits per heavy atom. The SMILES string of the molecule is C=CCN1CCN(C(=O)[C@H](N)C(C)(C)C)CC1. The summed E-state index contributed by atoms with van der Waals surface area (Å²) in [4.78, 5) is 16.3. The number of rotatable bonds is 3. The van der Waals surface area contributed by atoms with Gasteiger partial charge in [-0.05, 0) is 5.41 Å². The molecule has 0 spiro atoms. The number of amides is 1. The molecule has 17 heavy (non-hydrogen) atoms. The van der Waals surface area contributed by atoms with Crippen LogP contribution in [-0.4, -0.2) is 54.5 Å². The highest BCUT2D eigenvalue weighted by atomic mass is 16.2. The number of nitrogens with two attached hydrogens (primary N) is 1. The van der Waals surface area contributed by atoms with Crippen molar-refractivity contribution < 1.29 is 4.79 Å². The van der Waals surface area contributed by atoms with Crippen LogP contribution in [0.25, 0.3) is 0 Å². The van der Waals surface area contributed by atoms with Gasteiger partial charge in [-0.3, -0.25) is 9.69 Å². The average Bonchev–Trinajstić information content (AvgIpc) is 2.27. The predicted octanol–water partition coefficient (Wildman–Crippen LogP) is 0.690. The van der Waals surface area contributed by atoms with Crippen molar-refractivity contribution in [2.75, 3.05) is 32.7 Å². The fourth-order valence-corrected chi connectivity index (χ4v) is 1.90. The highest BCUT2D eigenvalue weighted by Gasteiger charge is 2.32. The molecular weight excluding hydrogens is 214 g/mol. The summed E-state index contributed by atoms with van der Waals surface area (Å²) < 4.78 is 0. The van der Waals surface area contributed by atoms with Gasteiger partial charge in [0.25, 0.3) is 0 Å². The minimum atomic E-state index is -0.409. The first-order valence-corrected chi connectivity index (χ1v) is 6.24. The maximum Gasteiger partial charge on any atom is 0.240 e. The van der Waals surface area contributed by atoms with Crippen LogP contribution in [0.15, 0.2) is 12.7 Å². The van der Waals surface area contributed by atoms with Crippen molar-refractivity contribution in [1.29, 1.82) is 0 Å². The maximum atomic E-state index is 12.2. The van der Waals surface area contributed by atoms with Crippen LogP contribution in [0.2, 0.25) is 0 Å². The van der Waals surface area contributed by atoms with Gasteiger partial charge in [-0.25, -0.2) is 0 Å². The Morgan fingerprint density at radius 2 is 1.88 bits per heavy atom. The van der Waals surface area contributed by atoms with Gasteiger partial charge in [0.1, 0.15) is 0 Å². The van der Waals surface area contributed by atoms with E-state index >= 15 is 0 Å². The maximum absolute atomic E-state index is 12.2. The first kappa shape index (κ1) is 14.2. The molecule has 0 bridgehead atoms. The summed E-state index contributed by atoms with van der Waals surface area (Å²) in [6, 6.07) is -0.409. The summed E-state index contributed by atoms with van der Waals surface area (Å²) in [6.45, 7) is 14.0. The third-order valence-electron chi connectivity index (χ3n) is 3.27. The summed E-state index contributed by atoms with van der Waals surface area (Å²) >= 11 is 0. The van der Waals surface area contributed by atoms with E-state index in [0.717, 1.165) is 32.7 Å². The van der Waals surface area contributed by atoms with Gasteiger partial charge in [0.2, 0.25) is 5.91 Å². The third-order valence-corrected chi connectivity index (χ3v) is 3.27. The van der Waals surface area contributed by atoms with Gasteiger partial charge >= 0.3 is 0 Å². The molecule has 2 N–H and O–H groups in total. The molecule has 98 valence electrons. The van der Waals surface area contributed by atoms with Crippen molar-refractivity contribution in [2.24, 2.45) is 11.1 Å². The molecule has 0 aromatic carbocycles. The monoisotopic (exact) mass is 239 g/mol. The Kier molecular flexibility index (Phi) is 4.71. The van der Waals surface area contributed by atoms with Gasteiger partial charge in [-0.1, -0.05) is 26.8 Å². The molecule has 0 saturated carbocycles. The normalized spacial score (nSPS) is 20.1. The molecule has 4 heteroatoms. The number of carbonyl (C=O) groups is 1. The van der Waals surface area contributed by atoms with Gasteiger partial charge in [0.15, 0.2) is 0 Å². The topological polar surface area (TPSA) is 49.6 Å². The van der Waals surface area contributed by atoms with Crippen LogP contribution in [0.4, 0.5) is 0 Å². The lowest BCUT2D eigenvalue weighted by Gasteiger charge is -2.37. The smallest absolute Gasteiger partial charge is 0.240 e. The van der Waals surface area contributed by atoms with E-state index in [2.05, 4.69) is 11.5 Å². The Hall–Kier alpha value is -0.870. The van der Waals surface area contributed by atoms with Crippen LogP contribution >= 0.6 is 0 Å². The Labute approximate surface area is 104 Å². The van der Waals surface area contributed by atoms with Gasteiger partial charge in [0, 0.05) is 32.7 Å². The van der Waals surface area contributed by atoms with Crippen molar-refractivity contribution in [3.63, 3.8) is 0 Å². The molecule has 1 aliphatic rings. The first-order chi connectivity index (χ1) is 7.86. The third kappa shape index (κ3) is 3.82. The summed E-state index contributed by atoms with van der Waals surface area (Å²) in [7, 11) is 0. The molecule has 1 aliphatic heterocycles. The van der Waals surface area contributed by atoms with E-state index < -0.39 is 6.04 Å². The van der Waals surface area contributed by atoms with Crippen LogP contribution < -0.4 is 5.73 Å². The summed E-state index contributed by atoms with van der Waals surface area (Å²) in [5, 5.41) is 0. The Morgan fingerprint density at radius 1 is 1.35 bits per heavy atom. The lowest BCUT2D eigenvalue weighted by molar-refractivity contribution is -0.136. The number of carbonyl (C=O) groups excluding carboxylic acids is 1. The molecule has 1 amide bonds. The molecule has 4 nitrogen and oxygen atoms in total. The molecule has 1 fully saturated rings. The number of piperazine rings is 1. The highest BCUT2D eigenvalue weighted by Crippen LogP contribution is 2.19. The molecule has 1 atom stereocenters. The minimum absolute atomic E-state index is 0.0794. The zero-order chi connectivity index (χ0) is 13.1. The van der Waals surface area contributed by atoms with Crippen molar-refractivity contribution in [3.8, 4) is 0 Å². The molecule has 1 rings (SSSR count). The minimum Gasteiger partial charge on any atom is -0.339 e. The van der Waals surface area contributed by atoms with E-state index in [1.165, 1.54) is 0 Å². The van der Waals surface area contributed by atoms with Crippen molar-refractivity contribution in [1.82, 2.24) is 9.80 Å². The fraction of sp³-hybridized carbons (Fsp3) is 0.769. The van der Waals surface area contributed by atoms with Crippen molar-refractivity contribution in [3.05, 3.63) is 12.7 Å². The number of hydrogen-bond donors (Lipinski definition) is 1. The quantitative estimate of drug-likeness (QED) is 0.737. The molecule has 0 radical (unpaired) electrons. The lowest BCUT2D eigenvalue weighted by Crippen LogP contribution is -2.56. The van der Waals surface area contributed by atoms with Crippen molar-refractivity contribution >= 4 is 5.91 Å². The first-order valence-electron chi connectivity index (χ1n) is 6.24. The zero-order valence-corrected chi connectivity index (χ0v) is 11.3. The van der Waals surface area contributed by atoms with Crippen molar-refractivity contribution in [2.45, 2.75) is 26.8 Å². The van der Waals surface area contributed by atoms with E-state index in [1.54, 1.807) is 0 Å². The molecule has 1 heterocycles. The van der Waals surface area contributed by atoms with E-state index in [-0.39, 0.29) is 11.3 Å². The lowest BCUT2D eigenvalue weighted by atomic mass is 9.86. The van der Waals surface area contributed by atoms with E-state index in [9.17, 15) is 4.79 Å². The average molecular weight is 239 g/mol. The molecule has 0 aromatic heterocycles. The van der Waals surface area contributed by atoms with E-state index in [4.69, 9.17) is 5.73 Å². The Balaban J connectivity index is 2.48. The van der Waals surface area contributed by atoms with Crippen LogP contribution in [0.3, 0.4) is 0 Å². The summed E-state index contributed by atoms with van der Waals surface area (Å²) in [5.74, 6) is 0.0794. The van der Waals surface area contributed by atoms with Crippen LogP contribution in [0, 0.1) is 5.41 Å². The van der Waals surface area contributed by atoms with E-state index in [1.807, 2.05) is 31.7 Å². The van der Waals surface area contributed by atoms with Gasteiger partial charge in [-0.15, -0.1) is 6.58 Å². The molecule has 1 saturated heterocycles. The summed E-state index contributed by atoms with van der Waals surface area (Å²) in [6.07, 6.45) is 1.90. The highest BCUT2D eigenvalue weighted by molar-refractivity contribution is 5.82. The van der Waals surface area contributed by atoms with Gasteiger partial charge < -0.3 is 10.6 Å². The Bertz CT molecular complexity index is 275. The zero-order valence-electron chi connectivity index (χ0n) is 11.3. The second-order valence-electron chi connectivity index (χ2n) is 5.76. The van der Waals surface area contributed by atoms with Gasteiger partial charge in [0.05, 0.1) is 6.04 Å². The van der Waals surface area contributed by atoms with Gasteiger partial charge in [-0.2, -0.15) is 0 Å². The van der Waals surface area contributed by atoms with Crippen LogP contribution in [0.1, 0.15) is 20.8 Å². The molecule has 0 aliphatic carbocycles. The molecular formula is C13H25N3O. The predicted molar refractivity (Wildman–Crippen MR) is 70.6 cm³/mol. The molecule has 0 aromatic rings. The second kappa shape index (κ2) is 5.65. The number of hydrogen-bond acceptors (Lipinski definition) is 3. The summed E-state index contributed by atoms with van der Waals surface area (Å²) in [5.41, 5.74) is 5.83. The molecule has 0 unspecified atom stereocenters.